The summed E-state index contributed by atoms with van der Waals surface area (Å²) in [5.74, 6) is -0.219. The quantitative estimate of drug-likeness (QED) is 0.813. The molecule has 1 N–H and O–H groups in total. The molecule has 2 heterocycles. The molecule has 2 aromatic rings. The molecule has 146 valence electrons. The molecule has 0 saturated carbocycles. The highest BCUT2D eigenvalue weighted by Crippen LogP contribution is 2.29. The van der Waals surface area contributed by atoms with Gasteiger partial charge in [0, 0.05) is 18.7 Å². The van der Waals surface area contributed by atoms with Gasteiger partial charge in [0.05, 0.1) is 7.11 Å². The number of benzene rings is 1. The van der Waals surface area contributed by atoms with E-state index in [9.17, 15) is 13.2 Å². The molecule has 1 aromatic heterocycles. The van der Waals surface area contributed by atoms with E-state index in [1.165, 1.54) is 41.0 Å². The van der Waals surface area contributed by atoms with Gasteiger partial charge in [0.15, 0.2) is 0 Å². The van der Waals surface area contributed by atoms with Crippen LogP contribution in [0.15, 0.2) is 23.1 Å². The van der Waals surface area contributed by atoms with Gasteiger partial charge in [0.25, 0.3) is 5.91 Å². The molecule has 0 atom stereocenters. The number of anilines is 1. The van der Waals surface area contributed by atoms with Crippen LogP contribution >= 0.6 is 11.3 Å². The zero-order valence-corrected chi connectivity index (χ0v) is 16.9. The minimum Gasteiger partial charge on any atom is -0.495 e. The number of carbonyl (C=O) groups is 1. The molecule has 0 radical (unpaired) electrons. The zero-order chi connectivity index (χ0) is 19.4. The fourth-order valence-electron chi connectivity index (χ4n) is 2.96. The first-order chi connectivity index (χ1) is 12.9. The first-order valence-corrected chi connectivity index (χ1v) is 11.0. The summed E-state index contributed by atoms with van der Waals surface area (Å²) in [4.78, 5) is 12.5. The number of methoxy groups -OCH3 is 1. The molecule has 1 aliphatic heterocycles. The summed E-state index contributed by atoms with van der Waals surface area (Å²) in [6.07, 6.45) is 3.70. The van der Waals surface area contributed by atoms with Gasteiger partial charge in [-0.3, -0.25) is 10.1 Å². The molecule has 27 heavy (non-hydrogen) atoms. The number of hydrogen-bond acceptors (Lipinski definition) is 7. The first kappa shape index (κ1) is 19.7. The number of amides is 1. The van der Waals surface area contributed by atoms with Gasteiger partial charge in [-0.05, 0) is 38.0 Å². The molecule has 0 aliphatic carbocycles. The Labute approximate surface area is 162 Å². The maximum atomic E-state index is 13.2. The Morgan fingerprint density at radius 3 is 2.48 bits per heavy atom. The largest absolute Gasteiger partial charge is 0.495 e. The van der Waals surface area contributed by atoms with Crippen LogP contribution in [0, 0.1) is 6.92 Å². The Morgan fingerprint density at radius 1 is 1.19 bits per heavy atom. The van der Waals surface area contributed by atoms with E-state index in [0.717, 1.165) is 30.7 Å². The number of nitrogens with zero attached hydrogens (tertiary/aromatic N) is 3. The van der Waals surface area contributed by atoms with E-state index in [2.05, 4.69) is 15.5 Å². The Balaban J connectivity index is 1.91. The lowest BCUT2D eigenvalue weighted by Crippen LogP contribution is -2.32. The first-order valence-electron chi connectivity index (χ1n) is 8.71. The molecule has 3 rings (SSSR count). The SMILES string of the molecule is COc1ccc(C(=O)Nc2nnc(C)s2)cc1S(=O)(=O)N1CCCCCC1. The lowest BCUT2D eigenvalue weighted by molar-refractivity contribution is 0.102. The summed E-state index contributed by atoms with van der Waals surface area (Å²) in [5, 5.41) is 11.4. The van der Waals surface area contributed by atoms with E-state index >= 15 is 0 Å². The molecule has 1 amide bonds. The van der Waals surface area contributed by atoms with Crippen molar-refractivity contribution in [1.29, 1.82) is 0 Å². The predicted octanol–water partition coefficient (Wildman–Crippen LogP) is 2.67. The number of carbonyl (C=O) groups excluding carboxylic acids is 1. The monoisotopic (exact) mass is 410 g/mol. The van der Waals surface area contributed by atoms with E-state index in [1.54, 1.807) is 6.92 Å². The van der Waals surface area contributed by atoms with Gasteiger partial charge in [0.2, 0.25) is 15.2 Å². The van der Waals surface area contributed by atoms with Gasteiger partial charge in [0.1, 0.15) is 15.7 Å². The number of rotatable bonds is 5. The van der Waals surface area contributed by atoms with Crippen molar-refractivity contribution in [3.63, 3.8) is 0 Å². The molecule has 0 spiro atoms. The van der Waals surface area contributed by atoms with Gasteiger partial charge in [-0.15, -0.1) is 10.2 Å². The Hall–Kier alpha value is -2.04. The van der Waals surface area contributed by atoms with Crippen LogP contribution in [0.25, 0.3) is 0 Å². The van der Waals surface area contributed by atoms with Gasteiger partial charge in [-0.2, -0.15) is 4.31 Å². The second-order valence-electron chi connectivity index (χ2n) is 6.26. The van der Waals surface area contributed by atoms with Crippen LogP contribution in [0.2, 0.25) is 0 Å². The normalized spacial score (nSPS) is 15.9. The van der Waals surface area contributed by atoms with Crippen molar-refractivity contribution in [2.75, 3.05) is 25.5 Å². The molecular formula is C17H22N4O4S2. The third-order valence-corrected chi connectivity index (χ3v) is 7.03. The second kappa shape index (κ2) is 8.32. The van der Waals surface area contributed by atoms with Crippen LogP contribution in [-0.2, 0) is 10.0 Å². The van der Waals surface area contributed by atoms with Gasteiger partial charge < -0.3 is 4.74 Å². The van der Waals surface area contributed by atoms with Crippen LogP contribution in [0.4, 0.5) is 5.13 Å². The summed E-state index contributed by atoms with van der Waals surface area (Å²) in [7, 11) is -2.33. The molecule has 0 bridgehead atoms. The summed E-state index contributed by atoms with van der Waals surface area (Å²) >= 11 is 1.25. The van der Waals surface area contributed by atoms with Crippen molar-refractivity contribution in [2.45, 2.75) is 37.5 Å². The number of nitrogens with one attached hydrogen (secondary N) is 1. The van der Waals surface area contributed by atoms with Crippen molar-refractivity contribution in [3.05, 3.63) is 28.8 Å². The Morgan fingerprint density at radius 2 is 1.89 bits per heavy atom. The number of sulfonamides is 1. The fourth-order valence-corrected chi connectivity index (χ4v) is 5.24. The van der Waals surface area contributed by atoms with Crippen molar-refractivity contribution >= 4 is 32.4 Å². The van der Waals surface area contributed by atoms with Crippen LogP contribution in [0.3, 0.4) is 0 Å². The lowest BCUT2D eigenvalue weighted by atomic mass is 10.2. The molecule has 10 heteroatoms. The van der Waals surface area contributed by atoms with E-state index in [0.29, 0.717) is 18.2 Å². The molecule has 0 unspecified atom stereocenters. The third-order valence-electron chi connectivity index (χ3n) is 4.36. The number of ether oxygens (including phenoxy) is 1. The maximum Gasteiger partial charge on any atom is 0.257 e. The molecule has 1 fully saturated rings. The number of aromatic nitrogens is 2. The highest BCUT2D eigenvalue weighted by atomic mass is 32.2. The summed E-state index contributed by atoms with van der Waals surface area (Å²) in [5.41, 5.74) is 0.219. The fraction of sp³-hybridized carbons (Fsp3) is 0.471. The van der Waals surface area contributed by atoms with Crippen LogP contribution in [-0.4, -0.2) is 49.0 Å². The average Bonchev–Trinajstić information content (AvgIpc) is 2.89. The van der Waals surface area contributed by atoms with E-state index in [1.807, 2.05) is 0 Å². The predicted molar refractivity (Wildman–Crippen MR) is 103 cm³/mol. The van der Waals surface area contributed by atoms with Gasteiger partial charge >= 0.3 is 0 Å². The highest BCUT2D eigenvalue weighted by molar-refractivity contribution is 7.89. The van der Waals surface area contributed by atoms with Crippen molar-refractivity contribution in [3.8, 4) is 5.75 Å². The molecular weight excluding hydrogens is 388 g/mol. The minimum absolute atomic E-state index is 0.00740. The Bertz CT molecular complexity index is 919. The van der Waals surface area contributed by atoms with Crippen LogP contribution in [0.1, 0.15) is 41.0 Å². The number of hydrogen-bond donors (Lipinski definition) is 1. The molecule has 8 nitrogen and oxygen atoms in total. The zero-order valence-electron chi connectivity index (χ0n) is 15.3. The van der Waals surface area contributed by atoms with Gasteiger partial charge in [-0.1, -0.05) is 24.2 Å². The topological polar surface area (TPSA) is 101 Å². The van der Waals surface area contributed by atoms with Gasteiger partial charge in [-0.25, -0.2) is 8.42 Å². The minimum atomic E-state index is -3.75. The third kappa shape index (κ3) is 4.45. The van der Waals surface area contributed by atoms with Crippen molar-refractivity contribution < 1.29 is 17.9 Å². The molecule has 1 aliphatic rings. The average molecular weight is 411 g/mol. The molecule has 1 aromatic carbocycles. The standard InChI is InChI=1S/C17H22N4O4S2/c1-12-19-20-17(26-12)18-16(22)13-7-8-14(25-2)15(11-13)27(23,24)21-9-5-3-4-6-10-21/h7-8,11H,3-6,9-10H2,1-2H3,(H,18,20,22). The number of aryl methyl sites for hydroxylation is 1. The lowest BCUT2D eigenvalue weighted by Gasteiger charge is -2.21. The Kier molecular flexibility index (Phi) is 6.08. The van der Waals surface area contributed by atoms with E-state index in [-0.39, 0.29) is 16.2 Å². The van der Waals surface area contributed by atoms with E-state index < -0.39 is 15.9 Å². The summed E-state index contributed by atoms with van der Waals surface area (Å²) in [6.45, 7) is 2.74. The van der Waals surface area contributed by atoms with Crippen molar-refractivity contribution in [2.24, 2.45) is 0 Å². The summed E-state index contributed by atoms with van der Waals surface area (Å²) < 4.78 is 33.0. The van der Waals surface area contributed by atoms with Crippen LogP contribution < -0.4 is 10.1 Å². The smallest absolute Gasteiger partial charge is 0.257 e. The van der Waals surface area contributed by atoms with Crippen molar-refractivity contribution in [1.82, 2.24) is 14.5 Å². The summed E-state index contributed by atoms with van der Waals surface area (Å²) in [6, 6.07) is 4.40. The highest BCUT2D eigenvalue weighted by Gasteiger charge is 2.29. The second-order valence-corrected chi connectivity index (χ2v) is 9.35. The maximum absolute atomic E-state index is 13.2. The van der Waals surface area contributed by atoms with Crippen LogP contribution in [0.5, 0.6) is 5.75 Å². The van der Waals surface area contributed by atoms with E-state index in [4.69, 9.17) is 4.74 Å². The molecule has 1 saturated heterocycles.